The number of nitrogens with zero attached hydrogens (tertiary/aromatic N) is 3. The summed E-state index contributed by atoms with van der Waals surface area (Å²) in [4.78, 5) is 17.7. The summed E-state index contributed by atoms with van der Waals surface area (Å²) >= 11 is 1.45. The molecule has 2 aromatic heterocycles. The molecule has 1 N–H and O–H groups in total. The Kier molecular flexibility index (Phi) is 6.06. The van der Waals surface area contributed by atoms with Crippen molar-refractivity contribution < 1.29 is 9.53 Å². The van der Waals surface area contributed by atoms with Gasteiger partial charge in [0.05, 0.1) is 40.0 Å². The molecule has 0 unspecified atom stereocenters. The Morgan fingerprint density at radius 3 is 2.66 bits per heavy atom. The second kappa shape index (κ2) is 8.93. The molecule has 2 heterocycles. The van der Waals surface area contributed by atoms with Crippen LogP contribution in [-0.2, 0) is 4.79 Å². The number of para-hydroxylation sites is 3. The van der Waals surface area contributed by atoms with Crippen LogP contribution in [0.4, 0.5) is 0 Å². The molecule has 4 rings (SSSR count). The number of aromatic nitrogens is 2. The lowest BCUT2D eigenvalue weighted by atomic mass is 10.1. The van der Waals surface area contributed by atoms with E-state index in [0.717, 1.165) is 32.9 Å². The maximum absolute atomic E-state index is 13.0. The smallest absolute Gasteiger partial charge is 0.233 e. The third-order valence-corrected chi connectivity index (χ3v) is 6.59. The highest BCUT2D eigenvalue weighted by Gasteiger charge is 2.22. The molecule has 4 aromatic rings. The number of methoxy groups -OCH3 is 1. The van der Waals surface area contributed by atoms with Gasteiger partial charge in [0.25, 0.3) is 0 Å². The third-order valence-electron chi connectivity index (χ3n) is 5.48. The Morgan fingerprint density at radius 2 is 1.91 bits per heavy atom. The number of hydrogen-bond acceptors (Lipinski definition) is 5. The maximum atomic E-state index is 13.0. The average molecular weight is 445 g/mol. The van der Waals surface area contributed by atoms with Crippen molar-refractivity contribution in [3.63, 3.8) is 0 Å². The first-order chi connectivity index (χ1) is 15.4. The summed E-state index contributed by atoms with van der Waals surface area (Å²) in [6, 6.07) is 19.5. The molecule has 0 aliphatic heterocycles. The number of carbonyl (C=O) groups excluding carboxylic acids is 1. The molecule has 162 valence electrons. The van der Waals surface area contributed by atoms with E-state index in [1.807, 2.05) is 79.8 Å². The van der Waals surface area contributed by atoms with Gasteiger partial charge in [0, 0.05) is 5.56 Å². The second-order valence-corrected chi connectivity index (χ2v) is 9.01. The van der Waals surface area contributed by atoms with Gasteiger partial charge in [-0.1, -0.05) is 42.1 Å². The fourth-order valence-electron chi connectivity index (χ4n) is 3.81. The van der Waals surface area contributed by atoms with Crippen molar-refractivity contribution in [1.82, 2.24) is 14.7 Å². The second-order valence-electron chi connectivity index (χ2n) is 7.64. The van der Waals surface area contributed by atoms with E-state index in [1.54, 1.807) is 7.11 Å². The van der Waals surface area contributed by atoms with Crippen molar-refractivity contribution in [1.29, 1.82) is 5.26 Å². The summed E-state index contributed by atoms with van der Waals surface area (Å²) < 4.78 is 7.40. The maximum Gasteiger partial charge on any atom is 0.233 e. The van der Waals surface area contributed by atoms with E-state index in [1.165, 1.54) is 11.8 Å². The predicted octanol–water partition coefficient (Wildman–Crippen LogP) is 5.03. The first-order valence-electron chi connectivity index (χ1n) is 10.4. The van der Waals surface area contributed by atoms with E-state index >= 15 is 0 Å². The topological polar surface area (TPSA) is 79.4 Å². The predicted molar refractivity (Wildman–Crippen MR) is 127 cm³/mol. The van der Waals surface area contributed by atoms with Crippen LogP contribution in [0, 0.1) is 18.3 Å². The summed E-state index contributed by atoms with van der Waals surface area (Å²) in [7, 11) is 1.62. The largest absolute Gasteiger partial charge is 0.496 e. The summed E-state index contributed by atoms with van der Waals surface area (Å²) in [5, 5.41) is 13.3. The average Bonchev–Trinajstić information content (AvgIpc) is 3.18. The van der Waals surface area contributed by atoms with Crippen LogP contribution in [0.5, 0.6) is 5.75 Å². The lowest BCUT2D eigenvalue weighted by Gasteiger charge is -2.20. The minimum Gasteiger partial charge on any atom is -0.496 e. The molecule has 0 bridgehead atoms. The normalized spacial score (nSPS) is 13.0. The monoisotopic (exact) mass is 444 g/mol. The van der Waals surface area contributed by atoms with Crippen LogP contribution in [0.25, 0.3) is 16.7 Å². The summed E-state index contributed by atoms with van der Waals surface area (Å²) in [5.74, 6) is 0.669. The van der Waals surface area contributed by atoms with Crippen molar-refractivity contribution in [3.8, 4) is 11.8 Å². The molecule has 2 aromatic carbocycles. The quantitative estimate of drug-likeness (QED) is 0.422. The minimum absolute atomic E-state index is 0.0759. The van der Waals surface area contributed by atoms with Gasteiger partial charge in [-0.15, -0.1) is 0 Å². The van der Waals surface area contributed by atoms with Crippen LogP contribution in [-0.4, -0.2) is 27.7 Å². The Bertz CT molecular complexity index is 1360. The fourth-order valence-corrected chi connectivity index (χ4v) is 4.88. The van der Waals surface area contributed by atoms with Crippen LogP contribution in [0.15, 0.2) is 59.6 Å². The molecule has 0 saturated heterocycles. The number of amides is 1. The van der Waals surface area contributed by atoms with E-state index in [0.29, 0.717) is 11.2 Å². The molecule has 0 aliphatic rings. The highest BCUT2D eigenvalue weighted by molar-refractivity contribution is 8.00. The molecule has 1 amide bonds. The Balaban J connectivity index is 1.64. The Morgan fingerprint density at radius 1 is 1.19 bits per heavy atom. The lowest BCUT2D eigenvalue weighted by molar-refractivity contribution is -0.120. The van der Waals surface area contributed by atoms with Crippen molar-refractivity contribution in [2.45, 2.75) is 37.1 Å². The SMILES string of the molecule is COc1ccccc1[C@@H](C)NC(=O)[C@H](C)Sc1cc(C)c(C#N)c2nc3ccccc3n12. The van der Waals surface area contributed by atoms with Crippen molar-refractivity contribution in [2.24, 2.45) is 0 Å². The first kappa shape index (κ1) is 21.7. The number of imidazole rings is 1. The molecule has 0 spiro atoms. The molecule has 0 saturated carbocycles. The number of rotatable bonds is 6. The van der Waals surface area contributed by atoms with E-state index in [9.17, 15) is 10.1 Å². The van der Waals surface area contributed by atoms with Gasteiger partial charge in [0.2, 0.25) is 5.91 Å². The highest BCUT2D eigenvalue weighted by Crippen LogP contribution is 2.32. The zero-order valence-corrected chi connectivity index (χ0v) is 19.2. The minimum atomic E-state index is -0.358. The molecule has 32 heavy (non-hydrogen) atoms. The van der Waals surface area contributed by atoms with Crippen molar-refractivity contribution in [2.75, 3.05) is 7.11 Å². The summed E-state index contributed by atoms with van der Waals surface area (Å²) in [6.45, 7) is 5.73. The van der Waals surface area contributed by atoms with Gasteiger partial charge in [-0.3, -0.25) is 9.20 Å². The van der Waals surface area contributed by atoms with E-state index in [4.69, 9.17) is 4.74 Å². The van der Waals surface area contributed by atoms with Gasteiger partial charge in [-0.05, 0) is 50.6 Å². The molecule has 0 radical (unpaired) electrons. The Hall–Kier alpha value is -3.50. The number of aryl methyl sites for hydroxylation is 1. The number of thioether (sulfide) groups is 1. The standard InChI is InChI=1S/C25H24N4O2S/c1-15-13-23(29-21-11-7-6-10-20(21)28-24(29)19(15)14-26)32-17(3)25(30)27-16(2)18-9-5-8-12-22(18)31-4/h5-13,16-17H,1-4H3,(H,27,30)/t16-,17+/m1/s1. The van der Waals surface area contributed by atoms with Gasteiger partial charge in [-0.25, -0.2) is 4.98 Å². The molecule has 0 aliphatic carbocycles. The van der Waals surface area contributed by atoms with Crippen LogP contribution in [0.2, 0.25) is 0 Å². The van der Waals surface area contributed by atoms with Gasteiger partial charge >= 0.3 is 0 Å². The number of nitriles is 1. The molecule has 0 fully saturated rings. The number of pyridine rings is 1. The van der Waals surface area contributed by atoms with E-state index < -0.39 is 0 Å². The molecular formula is C25H24N4O2S. The van der Waals surface area contributed by atoms with Crippen LogP contribution < -0.4 is 10.1 Å². The number of hydrogen-bond donors (Lipinski definition) is 1. The number of carbonyl (C=O) groups is 1. The molecule has 2 atom stereocenters. The number of ether oxygens (including phenoxy) is 1. The number of fused-ring (bicyclic) bond motifs is 3. The summed E-state index contributed by atoms with van der Waals surface area (Å²) in [6.07, 6.45) is 0. The first-order valence-corrected chi connectivity index (χ1v) is 11.2. The molecule has 7 heteroatoms. The highest BCUT2D eigenvalue weighted by atomic mass is 32.2. The zero-order valence-electron chi connectivity index (χ0n) is 18.4. The van der Waals surface area contributed by atoms with Crippen molar-refractivity contribution >= 4 is 34.3 Å². The van der Waals surface area contributed by atoms with Gasteiger partial charge in [-0.2, -0.15) is 5.26 Å². The fraction of sp³-hybridized carbons (Fsp3) is 0.240. The van der Waals surface area contributed by atoms with Gasteiger partial charge < -0.3 is 10.1 Å². The number of nitrogens with one attached hydrogen (secondary N) is 1. The zero-order chi connectivity index (χ0) is 22.8. The van der Waals surface area contributed by atoms with E-state index in [-0.39, 0.29) is 17.2 Å². The van der Waals surface area contributed by atoms with Gasteiger partial charge in [0.15, 0.2) is 5.65 Å². The van der Waals surface area contributed by atoms with Crippen LogP contribution in [0.3, 0.4) is 0 Å². The van der Waals surface area contributed by atoms with Crippen molar-refractivity contribution in [3.05, 3.63) is 71.3 Å². The van der Waals surface area contributed by atoms with Gasteiger partial charge in [0.1, 0.15) is 11.8 Å². The van der Waals surface area contributed by atoms with Crippen LogP contribution >= 0.6 is 11.8 Å². The number of benzene rings is 2. The van der Waals surface area contributed by atoms with E-state index in [2.05, 4.69) is 16.4 Å². The summed E-state index contributed by atoms with van der Waals surface area (Å²) in [5.41, 5.74) is 4.67. The van der Waals surface area contributed by atoms with Crippen LogP contribution in [0.1, 0.15) is 36.6 Å². The third kappa shape index (κ3) is 3.90. The molecule has 6 nitrogen and oxygen atoms in total. The lowest BCUT2D eigenvalue weighted by Crippen LogP contribution is -2.33. The Labute approximate surface area is 191 Å². The molecular weight excluding hydrogens is 420 g/mol.